The monoisotopic (exact) mass is 573 g/mol. The summed E-state index contributed by atoms with van der Waals surface area (Å²) in [5.74, 6) is -0.994. The smallest absolute Gasteiger partial charge is 0.417 e. The Morgan fingerprint density at radius 1 is 0.975 bits per heavy atom. The highest BCUT2D eigenvalue weighted by Gasteiger charge is 2.34. The zero-order chi connectivity index (χ0) is 28.7. The van der Waals surface area contributed by atoms with Crippen LogP contribution in [0.25, 0.3) is 5.69 Å². The van der Waals surface area contributed by atoms with Crippen molar-refractivity contribution in [3.05, 3.63) is 95.6 Å². The molecule has 0 saturated carbocycles. The van der Waals surface area contributed by atoms with Crippen LogP contribution in [0.5, 0.6) is 5.75 Å². The van der Waals surface area contributed by atoms with E-state index in [0.717, 1.165) is 23.9 Å². The molecule has 0 radical (unpaired) electrons. The average molecular weight is 574 g/mol. The molecule has 0 saturated heterocycles. The van der Waals surface area contributed by atoms with Crippen molar-refractivity contribution in [1.29, 1.82) is 0 Å². The second-order valence-electron chi connectivity index (χ2n) is 8.23. The van der Waals surface area contributed by atoms with Gasteiger partial charge >= 0.3 is 6.18 Å². The van der Waals surface area contributed by atoms with Gasteiger partial charge in [0.1, 0.15) is 11.6 Å². The number of nitrogens with one attached hydrogen (secondary N) is 2. The Hall–Kier alpha value is -4.39. The number of aromatic nitrogens is 3. The second-order valence-corrected chi connectivity index (χ2v) is 9.17. The zero-order valence-electron chi connectivity index (χ0n) is 21.0. The number of benzene rings is 3. The minimum absolute atomic E-state index is 0.0577. The number of anilines is 1. The Kier molecular flexibility index (Phi) is 9.04. The van der Waals surface area contributed by atoms with Crippen molar-refractivity contribution in [2.45, 2.75) is 24.8 Å². The predicted octanol–water partition coefficient (Wildman–Crippen LogP) is 5.48. The number of ether oxygens (including phenoxy) is 1. The first kappa shape index (κ1) is 28.6. The number of carbonyl (C=O) groups excluding carboxylic acids is 2. The topological polar surface area (TPSA) is 98.1 Å². The van der Waals surface area contributed by atoms with Gasteiger partial charge in [-0.3, -0.25) is 14.2 Å². The van der Waals surface area contributed by atoms with E-state index in [1.807, 2.05) is 6.92 Å². The van der Waals surface area contributed by atoms with Crippen molar-refractivity contribution in [3.63, 3.8) is 0 Å². The molecule has 0 bridgehead atoms. The van der Waals surface area contributed by atoms with Crippen LogP contribution < -0.4 is 15.4 Å². The van der Waals surface area contributed by atoms with Gasteiger partial charge in [-0.2, -0.15) is 13.2 Å². The van der Waals surface area contributed by atoms with Gasteiger partial charge in [0.25, 0.3) is 5.91 Å². The highest BCUT2D eigenvalue weighted by molar-refractivity contribution is 7.99. The molecule has 0 fully saturated rings. The molecule has 0 aliphatic carbocycles. The maximum Gasteiger partial charge on any atom is 0.417 e. The summed E-state index contributed by atoms with van der Waals surface area (Å²) in [6.07, 6.45) is -4.71. The number of amides is 2. The Bertz CT molecular complexity index is 1480. The number of hydrogen-bond donors (Lipinski definition) is 2. The van der Waals surface area contributed by atoms with Gasteiger partial charge in [0.05, 0.1) is 30.0 Å². The van der Waals surface area contributed by atoms with E-state index in [2.05, 4.69) is 20.8 Å². The average Bonchev–Trinajstić information content (AvgIpc) is 3.34. The van der Waals surface area contributed by atoms with Crippen LogP contribution in [-0.2, 0) is 17.5 Å². The van der Waals surface area contributed by atoms with Gasteiger partial charge in [-0.25, -0.2) is 4.39 Å². The van der Waals surface area contributed by atoms with Crippen molar-refractivity contribution in [3.8, 4) is 11.4 Å². The van der Waals surface area contributed by atoms with Gasteiger partial charge in [0, 0.05) is 11.4 Å². The summed E-state index contributed by atoms with van der Waals surface area (Å²) in [5, 5.41) is 13.6. The first-order valence-corrected chi connectivity index (χ1v) is 12.9. The van der Waals surface area contributed by atoms with Gasteiger partial charge < -0.3 is 15.4 Å². The molecule has 0 spiro atoms. The summed E-state index contributed by atoms with van der Waals surface area (Å²) >= 11 is 1.04. The van der Waals surface area contributed by atoms with E-state index in [-0.39, 0.29) is 29.2 Å². The number of alkyl halides is 3. The lowest BCUT2D eigenvalue weighted by Crippen LogP contribution is -2.27. The molecule has 0 aliphatic heterocycles. The van der Waals surface area contributed by atoms with Gasteiger partial charge in [0.2, 0.25) is 5.91 Å². The number of carbonyl (C=O) groups is 2. The molecule has 40 heavy (non-hydrogen) atoms. The number of thioether (sulfide) groups is 1. The molecule has 0 unspecified atom stereocenters. The summed E-state index contributed by atoms with van der Waals surface area (Å²) in [5.41, 5.74) is -0.608. The van der Waals surface area contributed by atoms with E-state index in [9.17, 15) is 27.2 Å². The lowest BCUT2D eigenvalue weighted by molar-refractivity contribution is -0.138. The van der Waals surface area contributed by atoms with Crippen LogP contribution in [0.15, 0.2) is 78.0 Å². The van der Waals surface area contributed by atoms with Crippen molar-refractivity contribution in [1.82, 2.24) is 20.1 Å². The molecule has 3 aromatic carbocycles. The summed E-state index contributed by atoms with van der Waals surface area (Å²) in [6.45, 7) is 2.10. The van der Waals surface area contributed by atoms with E-state index < -0.39 is 29.0 Å². The quantitative estimate of drug-likeness (QED) is 0.193. The standard InChI is InChI=1S/C27H23F4N5O3S/c1-2-39-20-13-9-18(10-14-20)33-24(37)16-40-26-35-34-23(36(26)19-11-7-17(28)8-12-19)15-32-25(38)21-5-3-4-6-22(21)27(29,30)31/h3-14H,2,15-16H2,1H3,(H,32,38)(H,33,37). The fraction of sp³-hybridized carbons (Fsp3) is 0.185. The molecular formula is C27H23F4N5O3S. The summed E-state index contributed by atoms with van der Waals surface area (Å²) in [4.78, 5) is 25.2. The van der Waals surface area contributed by atoms with Gasteiger partial charge in [0.15, 0.2) is 11.0 Å². The molecule has 8 nitrogen and oxygen atoms in total. The number of hydrogen-bond acceptors (Lipinski definition) is 6. The Labute approximate surface area is 230 Å². The van der Waals surface area contributed by atoms with Crippen molar-refractivity contribution < 1.29 is 31.9 Å². The fourth-order valence-corrected chi connectivity index (χ4v) is 4.44. The first-order valence-electron chi connectivity index (χ1n) is 12.0. The number of halogens is 4. The largest absolute Gasteiger partial charge is 0.494 e. The molecule has 2 amide bonds. The SMILES string of the molecule is CCOc1ccc(NC(=O)CSc2nnc(CNC(=O)c3ccccc3C(F)(F)F)n2-c2ccc(F)cc2)cc1. The highest BCUT2D eigenvalue weighted by atomic mass is 32.2. The third-order valence-electron chi connectivity index (χ3n) is 5.45. The molecule has 1 aromatic heterocycles. The molecule has 0 atom stereocenters. The third kappa shape index (κ3) is 7.17. The van der Waals surface area contributed by atoms with Crippen molar-refractivity contribution >= 4 is 29.3 Å². The molecule has 4 aromatic rings. The van der Waals surface area contributed by atoms with Crippen LogP contribution in [0, 0.1) is 5.82 Å². The van der Waals surface area contributed by atoms with Gasteiger partial charge in [-0.15, -0.1) is 10.2 Å². The summed E-state index contributed by atoms with van der Waals surface area (Å²) in [6, 6.07) is 16.6. The van der Waals surface area contributed by atoms with Gasteiger partial charge in [-0.05, 0) is 67.6 Å². The van der Waals surface area contributed by atoms with E-state index in [1.165, 1.54) is 41.0 Å². The molecule has 1 heterocycles. The highest BCUT2D eigenvalue weighted by Crippen LogP contribution is 2.32. The van der Waals surface area contributed by atoms with E-state index >= 15 is 0 Å². The third-order valence-corrected chi connectivity index (χ3v) is 6.38. The molecule has 0 aliphatic rings. The maximum atomic E-state index is 13.6. The molecule has 13 heteroatoms. The van der Waals surface area contributed by atoms with Crippen LogP contribution in [0.3, 0.4) is 0 Å². The predicted molar refractivity (Wildman–Crippen MR) is 141 cm³/mol. The second kappa shape index (κ2) is 12.6. The van der Waals surface area contributed by atoms with E-state index in [0.29, 0.717) is 23.7 Å². The number of nitrogens with zero attached hydrogens (tertiary/aromatic N) is 3. The van der Waals surface area contributed by atoms with E-state index in [1.54, 1.807) is 24.3 Å². The van der Waals surface area contributed by atoms with Crippen molar-refractivity contribution in [2.24, 2.45) is 0 Å². The van der Waals surface area contributed by atoms with Gasteiger partial charge in [-0.1, -0.05) is 23.9 Å². The molecule has 4 rings (SSSR count). The maximum absolute atomic E-state index is 13.6. The minimum Gasteiger partial charge on any atom is -0.494 e. The van der Waals surface area contributed by atoms with Crippen LogP contribution in [0.2, 0.25) is 0 Å². The lowest BCUT2D eigenvalue weighted by Gasteiger charge is -2.13. The van der Waals surface area contributed by atoms with Crippen LogP contribution in [0.1, 0.15) is 28.7 Å². The Morgan fingerprint density at radius 2 is 1.68 bits per heavy atom. The van der Waals surface area contributed by atoms with Crippen molar-refractivity contribution in [2.75, 3.05) is 17.7 Å². The van der Waals surface area contributed by atoms with Crippen LogP contribution >= 0.6 is 11.8 Å². The molecule has 208 valence electrons. The lowest BCUT2D eigenvalue weighted by atomic mass is 10.1. The Morgan fingerprint density at radius 3 is 2.35 bits per heavy atom. The summed E-state index contributed by atoms with van der Waals surface area (Å²) in [7, 11) is 0. The number of rotatable bonds is 10. The summed E-state index contributed by atoms with van der Waals surface area (Å²) < 4.78 is 60.5. The zero-order valence-corrected chi connectivity index (χ0v) is 21.9. The normalized spacial score (nSPS) is 11.2. The Balaban J connectivity index is 1.49. The molecular weight excluding hydrogens is 550 g/mol. The fourth-order valence-electron chi connectivity index (χ4n) is 3.67. The van der Waals surface area contributed by atoms with E-state index in [4.69, 9.17) is 4.74 Å². The minimum atomic E-state index is -4.71. The molecule has 2 N–H and O–H groups in total. The van der Waals surface area contributed by atoms with Crippen LogP contribution in [-0.4, -0.2) is 38.9 Å². The first-order chi connectivity index (χ1) is 19.2. The van der Waals surface area contributed by atoms with Crippen LogP contribution in [0.4, 0.5) is 23.2 Å².